The summed E-state index contributed by atoms with van der Waals surface area (Å²) in [4.78, 5) is 0. The molecule has 1 heterocycles. The van der Waals surface area contributed by atoms with Crippen LogP contribution in [0.1, 0.15) is 37.3 Å². The first kappa shape index (κ1) is 12.7. The molecule has 1 aromatic heterocycles. The summed E-state index contributed by atoms with van der Waals surface area (Å²) >= 11 is 0. The highest BCUT2D eigenvalue weighted by molar-refractivity contribution is 5.29. The van der Waals surface area contributed by atoms with Crippen molar-refractivity contribution in [1.82, 2.24) is 5.32 Å². The maximum absolute atomic E-state index is 5.39. The summed E-state index contributed by atoms with van der Waals surface area (Å²) in [6.45, 7) is 4.24. The van der Waals surface area contributed by atoms with Crippen molar-refractivity contribution in [1.29, 1.82) is 0 Å². The fourth-order valence-corrected chi connectivity index (χ4v) is 1.98. The topological polar surface area (TPSA) is 34.4 Å². The van der Waals surface area contributed by atoms with Gasteiger partial charge in [-0.2, -0.15) is 0 Å². The van der Waals surface area contributed by atoms with Crippen LogP contribution in [-0.2, 0) is 0 Å². The molecule has 3 nitrogen and oxygen atoms in total. The minimum absolute atomic E-state index is 0.192. The van der Waals surface area contributed by atoms with Crippen molar-refractivity contribution in [3.63, 3.8) is 0 Å². The molecule has 0 aliphatic heterocycles. The quantitative estimate of drug-likeness (QED) is 0.872. The van der Waals surface area contributed by atoms with E-state index in [1.807, 2.05) is 24.3 Å². The monoisotopic (exact) mass is 245 g/mol. The van der Waals surface area contributed by atoms with Gasteiger partial charge in [0.25, 0.3) is 0 Å². The molecule has 96 valence electrons. The number of hydrogen-bond acceptors (Lipinski definition) is 3. The Morgan fingerprint density at radius 3 is 2.33 bits per heavy atom. The summed E-state index contributed by atoms with van der Waals surface area (Å²) in [6, 6.07) is 12.4. The Kier molecular flexibility index (Phi) is 4.05. The number of hydrogen-bond donors (Lipinski definition) is 1. The average molecular weight is 245 g/mol. The van der Waals surface area contributed by atoms with Gasteiger partial charge in [-0.25, -0.2) is 0 Å². The molecule has 0 amide bonds. The lowest BCUT2D eigenvalue weighted by atomic mass is 10.1. The van der Waals surface area contributed by atoms with E-state index in [2.05, 4.69) is 31.3 Å². The second-order valence-corrected chi connectivity index (χ2v) is 4.40. The Morgan fingerprint density at radius 2 is 1.78 bits per heavy atom. The van der Waals surface area contributed by atoms with Crippen molar-refractivity contribution in [3.8, 4) is 5.75 Å². The van der Waals surface area contributed by atoms with Gasteiger partial charge in [0, 0.05) is 6.04 Å². The fraction of sp³-hybridized carbons (Fsp3) is 0.333. The highest BCUT2D eigenvalue weighted by atomic mass is 16.5. The number of rotatable bonds is 5. The molecule has 1 N–H and O–H groups in total. The highest BCUT2D eigenvalue weighted by Crippen LogP contribution is 2.21. The van der Waals surface area contributed by atoms with Gasteiger partial charge in [0.05, 0.1) is 19.4 Å². The SMILES string of the molecule is COc1ccc(C(C)N[C@@H](C)c2ccco2)cc1. The van der Waals surface area contributed by atoms with Crippen LogP contribution in [0.3, 0.4) is 0 Å². The molecule has 3 heteroatoms. The van der Waals surface area contributed by atoms with Crippen LogP contribution >= 0.6 is 0 Å². The molecular weight excluding hydrogens is 226 g/mol. The molecule has 2 atom stereocenters. The van der Waals surface area contributed by atoms with E-state index in [0.717, 1.165) is 11.5 Å². The third-order valence-electron chi connectivity index (χ3n) is 3.09. The zero-order valence-corrected chi connectivity index (χ0v) is 11.0. The molecule has 0 aliphatic carbocycles. The Hall–Kier alpha value is -1.74. The lowest BCUT2D eigenvalue weighted by Gasteiger charge is -2.19. The van der Waals surface area contributed by atoms with Crippen molar-refractivity contribution in [2.75, 3.05) is 7.11 Å². The van der Waals surface area contributed by atoms with Crippen molar-refractivity contribution in [3.05, 3.63) is 54.0 Å². The predicted molar refractivity (Wildman–Crippen MR) is 71.7 cm³/mol. The smallest absolute Gasteiger partial charge is 0.120 e. The summed E-state index contributed by atoms with van der Waals surface area (Å²) in [5.41, 5.74) is 1.23. The zero-order valence-electron chi connectivity index (χ0n) is 11.0. The van der Waals surface area contributed by atoms with E-state index in [-0.39, 0.29) is 12.1 Å². The third-order valence-corrected chi connectivity index (χ3v) is 3.09. The van der Waals surface area contributed by atoms with Gasteiger partial charge in [-0.1, -0.05) is 12.1 Å². The zero-order chi connectivity index (χ0) is 13.0. The molecule has 1 unspecified atom stereocenters. The van der Waals surface area contributed by atoms with Crippen LogP contribution in [0.25, 0.3) is 0 Å². The first-order valence-electron chi connectivity index (χ1n) is 6.14. The Bertz CT molecular complexity index is 462. The predicted octanol–water partition coefficient (Wildman–Crippen LogP) is 3.70. The van der Waals surface area contributed by atoms with Crippen molar-refractivity contribution >= 4 is 0 Å². The van der Waals surface area contributed by atoms with Crippen LogP contribution in [0.4, 0.5) is 0 Å². The molecule has 0 spiro atoms. The largest absolute Gasteiger partial charge is 0.497 e. The molecule has 0 bridgehead atoms. The maximum Gasteiger partial charge on any atom is 0.120 e. The number of ether oxygens (including phenoxy) is 1. The summed E-state index contributed by atoms with van der Waals surface area (Å²) in [7, 11) is 1.68. The van der Waals surface area contributed by atoms with Crippen LogP contribution in [0.15, 0.2) is 47.1 Å². The second kappa shape index (κ2) is 5.74. The Balaban J connectivity index is 2.00. The van der Waals surface area contributed by atoms with Gasteiger partial charge in [-0.15, -0.1) is 0 Å². The van der Waals surface area contributed by atoms with Crippen LogP contribution in [0, 0.1) is 0 Å². The average Bonchev–Trinajstić information content (AvgIpc) is 2.92. The van der Waals surface area contributed by atoms with Crippen LogP contribution in [-0.4, -0.2) is 7.11 Å². The molecular formula is C15H19NO2. The van der Waals surface area contributed by atoms with Gasteiger partial charge in [0.2, 0.25) is 0 Å². The number of benzene rings is 1. The van der Waals surface area contributed by atoms with E-state index in [0.29, 0.717) is 0 Å². The molecule has 1 aromatic carbocycles. The molecule has 0 saturated heterocycles. The van der Waals surface area contributed by atoms with E-state index < -0.39 is 0 Å². The number of furan rings is 1. The van der Waals surface area contributed by atoms with E-state index in [1.54, 1.807) is 13.4 Å². The van der Waals surface area contributed by atoms with E-state index >= 15 is 0 Å². The maximum atomic E-state index is 5.39. The van der Waals surface area contributed by atoms with Crippen molar-refractivity contribution in [2.24, 2.45) is 0 Å². The van der Waals surface area contributed by atoms with Gasteiger partial charge in [-0.3, -0.25) is 0 Å². The first-order chi connectivity index (χ1) is 8.70. The van der Waals surface area contributed by atoms with E-state index in [1.165, 1.54) is 5.56 Å². The lowest BCUT2D eigenvalue weighted by Crippen LogP contribution is -2.22. The minimum atomic E-state index is 0.192. The standard InChI is InChI=1S/C15H19NO2/c1-11(13-6-8-14(17-3)9-7-13)16-12(2)15-5-4-10-18-15/h4-12,16H,1-3H3/t11?,12-/m0/s1. The first-order valence-corrected chi connectivity index (χ1v) is 6.14. The molecule has 2 rings (SSSR count). The van der Waals surface area contributed by atoms with E-state index in [9.17, 15) is 0 Å². The molecule has 0 fully saturated rings. The van der Waals surface area contributed by atoms with Crippen molar-refractivity contribution in [2.45, 2.75) is 25.9 Å². The lowest BCUT2D eigenvalue weighted by molar-refractivity contribution is 0.401. The summed E-state index contributed by atoms with van der Waals surface area (Å²) < 4.78 is 10.5. The minimum Gasteiger partial charge on any atom is -0.497 e. The fourth-order valence-electron chi connectivity index (χ4n) is 1.98. The molecule has 2 aromatic rings. The third kappa shape index (κ3) is 2.93. The summed E-state index contributed by atoms with van der Waals surface area (Å²) in [5.74, 6) is 1.83. The van der Waals surface area contributed by atoms with Gasteiger partial charge in [-0.05, 0) is 43.7 Å². The Morgan fingerprint density at radius 1 is 1.06 bits per heavy atom. The Labute approximate surface area is 108 Å². The molecule has 18 heavy (non-hydrogen) atoms. The number of nitrogens with one attached hydrogen (secondary N) is 1. The summed E-state index contributed by atoms with van der Waals surface area (Å²) in [6.07, 6.45) is 1.70. The van der Waals surface area contributed by atoms with Crippen LogP contribution in [0.5, 0.6) is 5.75 Å². The van der Waals surface area contributed by atoms with Gasteiger partial charge in [0.1, 0.15) is 11.5 Å². The summed E-state index contributed by atoms with van der Waals surface area (Å²) in [5, 5.41) is 3.50. The van der Waals surface area contributed by atoms with Crippen LogP contribution in [0.2, 0.25) is 0 Å². The number of methoxy groups -OCH3 is 1. The normalized spacial score (nSPS) is 14.2. The van der Waals surface area contributed by atoms with Gasteiger partial charge >= 0.3 is 0 Å². The van der Waals surface area contributed by atoms with Crippen LogP contribution < -0.4 is 10.1 Å². The van der Waals surface area contributed by atoms with Gasteiger partial charge < -0.3 is 14.5 Å². The van der Waals surface area contributed by atoms with E-state index in [4.69, 9.17) is 9.15 Å². The molecule has 0 radical (unpaired) electrons. The second-order valence-electron chi connectivity index (χ2n) is 4.40. The molecule has 0 saturated carbocycles. The van der Waals surface area contributed by atoms with Gasteiger partial charge in [0.15, 0.2) is 0 Å². The van der Waals surface area contributed by atoms with Crippen molar-refractivity contribution < 1.29 is 9.15 Å². The highest BCUT2D eigenvalue weighted by Gasteiger charge is 2.12. The molecule has 0 aliphatic rings.